The first-order valence-corrected chi connectivity index (χ1v) is 13.3. The number of rotatable bonds is 7. The van der Waals surface area contributed by atoms with Crippen LogP contribution in [0.1, 0.15) is 37.0 Å². The number of imidazole rings is 1. The van der Waals surface area contributed by atoms with E-state index in [2.05, 4.69) is 24.8 Å². The summed E-state index contributed by atoms with van der Waals surface area (Å²) in [5.41, 5.74) is 0.610. The fourth-order valence-corrected chi connectivity index (χ4v) is 5.14. The van der Waals surface area contributed by atoms with Gasteiger partial charge < -0.3 is 14.4 Å². The average molecular weight is 525 g/mol. The fourth-order valence-electron chi connectivity index (χ4n) is 4.49. The summed E-state index contributed by atoms with van der Waals surface area (Å²) in [4.78, 5) is 22.3. The number of hydrogen-bond donors (Lipinski definition) is 1. The van der Waals surface area contributed by atoms with E-state index in [1.54, 1.807) is 23.2 Å². The number of fused-ring (bicyclic) bond motifs is 1. The zero-order valence-corrected chi connectivity index (χ0v) is 20.6. The molecule has 0 unspecified atom stereocenters. The van der Waals surface area contributed by atoms with E-state index in [0.29, 0.717) is 62.9 Å². The van der Waals surface area contributed by atoms with E-state index >= 15 is 0 Å². The van der Waals surface area contributed by atoms with Crippen molar-refractivity contribution >= 4 is 27.0 Å². The molecule has 0 amide bonds. The lowest BCUT2D eigenvalue weighted by Gasteiger charge is -2.28. The molecule has 36 heavy (non-hydrogen) atoms. The summed E-state index contributed by atoms with van der Waals surface area (Å²) in [6.07, 6.45) is -0.562. The maximum Gasteiger partial charge on any atom is 0.296 e. The average Bonchev–Trinajstić information content (AvgIpc) is 3.47. The number of hydrogen-bond acceptors (Lipinski definition) is 10. The Morgan fingerprint density at radius 3 is 2.56 bits per heavy atom. The van der Waals surface area contributed by atoms with Crippen molar-refractivity contribution < 1.29 is 26.7 Å². The maximum absolute atomic E-state index is 14.2. The lowest BCUT2D eigenvalue weighted by molar-refractivity contribution is 0.122. The number of halogens is 2. The predicted octanol–water partition coefficient (Wildman–Crippen LogP) is 1.59. The van der Waals surface area contributed by atoms with Crippen molar-refractivity contribution in [2.75, 3.05) is 51.1 Å². The first kappa shape index (κ1) is 24.7. The van der Waals surface area contributed by atoms with Crippen molar-refractivity contribution in [1.82, 2.24) is 34.3 Å². The topological polar surface area (TPSA) is 128 Å². The molecular weight excluding hydrogens is 498 g/mol. The van der Waals surface area contributed by atoms with Gasteiger partial charge in [-0.25, -0.2) is 27.2 Å². The number of aromatic nitrogens is 5. The van der Waals surface area contributed by atoms with Crippen LogP contribution in [0, 0.1) is 0 Å². The molecule has 194 valence electrons. The summed E-state index contributed by atoms with van der Waals surface area (Å²) >= 11 is 0. The molecule has 2 aliphatic rings. The van der Waals surface area contributed by atoms with Crippen LogP contribution in [0.25, 0.3) is 17.0 Å². The minimum Gasteiger partial charge on any atom is -0.494 e. The van der Waals surface area contributed by atoms with Crippen molar-refractivity contribution in [2.45, 2.75) is 25.3 Å². The van der Waals surface area contributed by atoms with Crippen molar-refractivity contribution in [3.8, 4) is 11.7 Å². The van der Waals surface area contributed by atoms with E-state index in [4.69, 9.17) is 9.47 Å². The summed E-state index contributed by atoms with van der Waals surface area (Å²) in [6.45, 7) is 2.42. The molecule has 5 rings (SSSR count). The van der Waals surface area contributed by atoms with Gasteiger partial charge >= 0.3 is 0 Å². The number of hydrazine groups is 1. The van der Waals surface area contributed by atoms with Gasteiger partial charge in [-0.2, -0.15) is 15.0 Å². The van der Waals surface area contributed by atoms with Gasteiger partial charge in [0.05, 0.1) is 38.1 Å². The Bertz CT molecular complexity index is 1360. The quantitative estimate of drug-likeness (QED) is 0.487. The van der Waals surface area contributed by atoms with E-state index < -0.39 is 28.3 Å². The summed E-state index contributed by atoms with van der Waals surface area (Å²) in [5, 5.41) is 1.56. The maximum atomic E-state index is 14.2. The number of benzene rings is 1. The number of morpholine rings is 1. The van der Waals surface area contributed by atoms with E-state index in [1.165, 1.54) is 11.7 Å². The first-order valence-electron chi connectivity index (χ1n) is 11.4. The van der Waals surface area contributed by atoms with Gasteiger partial charge in [-0.3, -0.25) is 4.57 Å². The minimum atomic E-state index is -3.54. The van der Waals surface area contributed by atoms with Crippen molar-refractivity contribution in [1.29, 1.82) is 0 Å². The van der Waals surface area contributed by atoms with Crippen molar-refractivity contribution in [3.05, 3.63) is 29.8 Å². The number of para-hydroxylation sites is 1. The largest absolute Gasteiger partial charge is 0.494 e. The number of nitrogens with zero attached hydrogens (tertiary/aromatic N) is 7. The van der Waals surface area contributed by atoms with Crippen LogP contribution in [-0.2, 0) is 14.8 Å². The van der Waals surface area contributed by atoms with Gasteiger partial charge in [0.1, 0.15) is 11.3 Å². The monoisotopic (exact) mass is 524 g/mol. The third-order valence-electron chi connectivity index (χ3n) is 6.05. The Labute approximate surface area is 206 Å². The molecule has 2 saturated heterocycles. The number of alkyl halides is 2. The Balaban J connectivity index is 1.69. The third kappa shape index (κ3) is 4.83. The van der Waals surface area contributed by atoms with Crippen LogP contribution in [0.4, 0.5) is 14.7 Å². The molecular formula is C21H26F2N8O4S. The van der Waals surface area contributed by atoms with Crippen LogP contribution in [0.2, 0.25) is 0 Å². The molecule has 0 aliphatic carbocycles. The molecule has 12 nitrogen and oxygen atoms in total. The fraction of sp³-hybridized carbons (Fsp3) is 0.524. The Hall–Kier alpha value is -3.01. The number of methoxy groups -OCH3 is 1. The molecule has 0 saturated carbocycles. The van der Waals surface area contributed by atoms with Gasteiger partial charge in [-0.1, -0.05) is 6.07 Å². The highest BCUT2D eigenvalue weighted by atomic mass is 32.2. The zero-order chi connectivity index (χ0) is 25.4. The highest BCUT2D eigenvalue weighted by molar-refractivity contribution is 7.88. The van der Waals surface area contributed by atoms with Gasteiger partial charge in [0.2, 0.25) is 21.9 Å². The molecule has 4 heterocycles. The summed E-state index contributed by atoms with van der Waals surface area (Å²) in [7, 11) is -2.10. The number of anilines is 1. The van der Waals surface area contributed by atoms with E-state index in [0.717, 1.165) is 6.26 Å². The van der Waals surface area contributed by atoms with Crippen LogP contribution >= 0.6 is 0 Å². The van der Waals surface area contributed by atoms with Crippen molar-refractivity contribution in [2.24, 2.45) is 0 Å². The van der Waals surface area contributed by atoms with Crippen LogP contribution in [-0.4, -0.2) is 84.1 Å². The Morgan fingerprint density at radius 2 is 1.86 bits per heavy atom. The van der Waals surface area contributed by atoms with Gasteiger partial charge in [0.15, 0.2) is 11.6 Å². The highest BCUT2D eigenvalue weighted by Gasteiger charge is 2.33. The van der Waals surface area contributed by atoms with E-state index in [-0.39, 0.29) is 17.3 Å². The predicted molar refractivity (Wildman–Crippen MR) is 126 cm³/mol. The molecule has 1 N–H and O–H groups in total. The summed E-state index contributed by atoms with van der Waals surface area (Å²) in [6, 6.07) is 4.46. The lowest BCUT2D eigenvalue weighted by Crippen LogP contribution is -2.42. The molecule has 1 atom stereocenters. The normalized spacial score (nSPS) is 19.5. The van der Waals surface area contributed by atoms with Gasteiger partial charge in [-0.05, 0) is 25.0 Å². The number of ether oxygens (including phenoxy) is 2. The lowest BCUT2D eigenvalue weighted by atomic mass is 10.2. The van der Waals surface area contributed by atoms with Crippen LogP contribution in [0.3, 0.4) is 0 Å². The van der Waals surface area contributed by atoms with Crippen molar-refractivity contribution in [3.63, 3.8) is 0 Å². The van der Waals surface area contributed by atoms with E-state index in [9.17, 15) is 17.2 Å². The Morgan fingerprint density at radius 1 is 1.11 bits per heavy atom. The summed E-state index contributed by atoms with van der Waals surface area (Å²) < 4.78 is 64.2. The zero-order valence-electron chi connectivity index (χ0n) is 19.8. The van der Waals surface area contributed by atoms with Gasteiger partial charge in [-0.15, -0.1) is 4.83 Å². The summed E-state index contributed by atoms with van der Waals surface area (Å²) in [5.74, 6) is 0.362. The van der Waals surface area contributed by atoms with E-state index in [1.807, 2.05) is 4.90 Å². The van der Waals surface area contributed by atoms with Gasteiger partial charge in [0, 0.05) is 19.6 Å². The second kappa shape index (κ2) is 9.80. The molecule has 2 aliphatic heterocycles. The molecule has 2 fully saturated rings. The first-order chi connectivity index (χ1) is 17.2. The van der Waals surface area contributed by atoms with Crippen LogP contribution in [0.15, 0.2) is 18.2 Å². The third-order valence-corrected chi connectivity index (χ3v) is 6.61. The molecule has 15 heteroatoms. The van der Waals surface area contributed by atoms with Crippen LogP contribution < -0.4 is 14.5 Å². The second-order valence-electron chi connectivity index (χ2n) is 8.54. The standard InChI is InChI=1S/C21H26F2N8O4S/c1-34-15-7-3-5-13-16(15)24-19(17(22)23)31(13)21-26-18(14-6-4-8-30(14)28-36(2,32)33)25-20(27-21)29-9-11-35-12-10-29/h3,5,7,14,17,28H,4,6,8-12H2,1-2H3/t14-/m0/s1. The van der Waals surface area contributed by atoms with Crippen LogP contribution in [0.5, 0.6) is 5.75 Å². The number of nitrogens with one attached hydrogen (secondary N) is 1. The molecule has 3 aromatic rings. The molecule has 0 bridgehead atoms. The second-order valence-corrected chi connectivity index (χ2v) is 10.3. The SMILES string of the molecule is COc1cccc2c1nc(C(F)F)n2-c1nc([C@@H]2CCCN2NS(C)(=O)=O)nc(N2CCOCC2)n1. The minimum absolute atomic E-state index is 0.0289. The smallest absolute Gasteiger partial charge is 0.296 e. The Kier molecular flexibility index (Phi) is 6.72. The molecule has 1 aromatic carbocycles. The molecule has 2 aromatic heterocycles. The molecule has 0 radical (unpaired) electrons. The van der Waals surface area contributed by atoms with Gasteiger partial charge in [0.25, 0.3) is 6.43 Å². The number of sulfonamides is 1. The highest BCUT2D eigenvalue weighted by Crippen LogP contribution is 2.34. The molecule has 0 spiro atoms.